The van der Waals surface area contributed by atoms with Crippen LogP contribution in [0.25, 0.3) is 0 Å². The van der Waals surface area contributed by atoms with Gasteiger partial charge in [0.1, 0.15) is 0 Å². The number of nitrogens with zero attached hydrogens (tertiary/aromatic N) is 1. The maximum absolute atomic E-state index is 12.3. The SMILES string of the molecule is CCCCN(C(=O)Nc1cccc(N)c1)C(C)CC. The van der Waals surface area contributed by atoms with Crippen LogP contribution in [0.15, 0.2) is 24.3 Å². The Morgan fingerprint density at radius 3 is 2.74 bits per heavy atom. The first-order valence-corrected chi connectivity index (χ1v) is 7.01. The zero-order chi connectivity index (χ0) is 14.3. The molecule has 1 aromatic carbocycles. The number of carbonyl (C=O) groups is 1. The van der Waals surface area contributed by atoms with Crippen LogP contribution in [0.2, 0.25) is 0 Å². The fourth-order valence-corrected chi connectivity index (χ4v) is 1.88. The van der Waals surface area contributed by atoms with Crippen LogP contribution in [-0.2, 0) is 0 Å². The topological polar surface area (TPSA) is 58.4 Å². The van der Waals surface area contributed by atoms with Gasteiger partial charge in [0.2, 0.25) is 0 Å². The van der Waals surface area contributed by atoms with Crippen molar-refractivity contribution < 1.29 is 4.79 Å². The predicted octanol–water partition coefficient (Wildman–Crippen LogP) is 3.70. The third kappa shape index (κ3) is 4.81. The summed E-state index contributed by atoms with van der Waals surface area (Å²) in [5.74, 6) is 0. The average Bonchev–Trinajstić information content (AvgIpc) is 2.38. The molecule has 106 valence electrons. The number of nitrogen functional groups attached to an aromatic ring is 1. The number of amides is 2. The number of unbranched alkanes of at least 4 members (excludes halogenated alkanes) is 1. The number of benzene rings is 1. The van der Waals surface area contributed by atoms with Gasteiger partial charge in [-0.25, -0.2) is 4.79 Å². The van der Waals surface area contributed by atoms with E-state index in [1.165, 1.54) is 0 Å². The van der Waals surface area contributed by atoms with Crippen molar-refractivity contribution >= 4 is 17.4 Å². The highest BCUT2D eigenvalue weighted by Gasteiger charge is 2.18. The van der Waals surface area contributed by atoms with Gasteiger partial charge in [-0.3, -0.25) is 0 Å². The Labute approximate surface area is 116 Å². The standard InChI is InChI=1S/C15H25N3O/c1-4-6-10-18(12(3)5-2)15(19)17-14-9-7-8-13(16)11-14/h7-9,11-12H,4-6,10,16H2,1-3H3,(H,17,19). The summed E-state index contributed by atoms with van der Waals surface area (Å²) < 4.78 is 0. The summed E-state index contributed by atoms with van der Waals surface area (Å²) in [6.07, 6.45) is 3.06. The molecule has 0 saturated carbocycles. The number of hydrogen-bond acceptors (Lipinski definition) is 2. The lowest BCUT2D eigenvalue weighted by Gasteiger charge is -2.28. The van der Waals surface area contributed by atoms with E-state index < -0.39 is 0 Å². The molecular weight excluding hydrogens is 238 g/mol. The molecule has 1 aromatic rings. The Bertz CT molecular complexity index is 406. The third-order valence-corrected chi connectivity index (χ3v) is 3.27. The van der Waals surface area contributed by atoms with Gasteiger partial charge in [0, 0.05) is 24.0 Å². The lowest BCUT2D eigenvalue weighted by Crippen LogP contribution is -2.41. The molecule has 3 N–H and O–H groups in total. The lowest BCUT2D eigenvalue weighted by molar-refractivity contribution is 0.189. The molecule has 4 heteroatoms. The van der Waals surface area contributed by atoms with E-state index in [1.807, 2.05) is 17.0 Å². The largest absolute Gasteiger partial charge is 0.399 e. The second-order valence-electron chi connectivity index (χ2n) is 4.86. The molecule has 0 radical (unpaired) electrons. The van der Waals surface area contributed by atoms with E-state index in [0.717, 1.165) is 31.5 Å². The Morgan fingerprint density at radius 1 is 1.42 bits per heavy atom. The highest BCUT2D eigenvalue weighted by molar-refractivity contribution is 5.90. The number of carbonyl (C=O) groups excluding carboxylic acids is 1. The first kappa shape index (κ1) is 15.3. The summed E-state index contributed by atoms with van der Waals surface area (Å²) in [6.45, 7) is 7.09. The van der Waals surface area contributed by atoms with Crippen molar-refractivity contribution in [2.75, 3.05) is 17.6 Å². The number of rotatable bonds is 6. The summed E-state index contributed by atoms with van der Waals surface area (Å²) in [4.78, 5) is 14.2. The fourth-order valence-electron chi connectivity index (χ4n) is 1.88. The molecular formula is C15H25N3O. The van der Waals surface area contributed by atoms with Gasteiger partial charge in [-0.1, -0.05) is 26.3 Å². The van der Waals surface area contributed by atoms with Crippen LogP contribution in [0.3, 0.4) is 0 Å². The molecule has 0 spiro atoms. The van der Waals surface area contributed by atoms with Crippen LogP contribution in [-0.4, -0.2) is 23.5 Å². The maximum Gasteiger partial charge on any atom is 0.322 e. The molecule has 0 aromatic heterocycles. The van der Waals surface area contributed by atoms with E-state index in [1.54, 1.807) is 12.1 Å². The van der Waals surface area contributed by atoms with Gasteiger partial charge in [0.15, 0.2) is 0 Å². The molecule has 0 saturated heterocycles. The van der Waals surface area contributed by atoms with Crippen molar-refractivity contribution in [1.82, 2.24) is 4.90 Å². The Kier molecular flexibility index (Phi) is 6.19. The van der Waals surface area contributed by atoms with Crippen LogP contribution in [0.5, 0.6) is 0 Å². The van der Waals surface area contributed by atoms with Crippen LogP contribution in [0, 0.1) is 0 Å². The second kappa shape index (κ2) is 7.67. The quantitative estimate of drug-likeness (QED) is 0.769. The highest BCUT2D eigenvalue weighted by atomic mass is 16.2. The summed E-state index contributed by atoms with van der Waals surface area (Å²) in [5, 5.41) is 2.91. The van der Waals surface area contributed by atoms with Gasteiger partial charge in [-0.2, -0.15) is 0 Å². The molecule has 0 fully saturated rings. The molecule has 1 unspecified atom stereocenters. The van der Waals surface area contributed by atoms with Crippen LogP contribution >= 0.6 is 0 Å². The average molecular weight is 263 g/mol. The zero-order valence-electron chi connectivity index (χ0n) is 12.1. The number of nitrogens with one attached hydrogen (secondary N) is 1. The van der Waals surface area contributed by atoms with E-state index in [9.17, 15) is 4.79 Å². The Morgan fingerprint density at radius 2 is 2.16 bits per heavy atom. The van der Waals surface area contributed by atoms with Crippen molar-refractivity contribution in [2.24, 2.45) is 0 Å². The van der Waals surface area contributed by atoms with Crippen molar-refractivity contribution in [3.05, 3.63) is 24.3 Å². The minimum Gasteiger partial charge on any atom is -0.399 e. The molecule has 2 amide bonds. The molecule has 0 bridgehead atoms. The summed E-state index contributed by atoms with van der Waals surface area (Å²) in [5.41, 5.74) is 7.11. The first-order valence-electron chi connectivity index (χ1n) is 7.01. The molecule has 0 aliphatic rings. The van der Waals surface area contributed by atoms with Crippen molar-refractivity contribution in [2.45, 2.75) is 46.1 Å². The zero-order valence-corrected chi connectivity index (χ0v) is 12.1. The van der Waals surface area contributed by atoms with Crippen LogP contribution < -0.4 is 11.1 Å². The third-order valence-electron chi connectivity index (χ3n) is 3.27. The van der Waals surface area contributed by atoms with Gasteiger partial charge < -0.3 is 16.0 Å². The van der Waals surface area contributed by atoms with Gasteiger partial charge in [0.25, 0.3) is 0 Å². The van der Waals surface area contributed by atoms with Gasteiger partial charge in [-0.05, 0) is 38.0 Å². The molecule has 1 atom stereocenters. The van der Waals surface area contributed by atoms with Crippen molar-refractivity contribution in [3.63, 3.8) is 0 Å². The normalized spacial score (nSPS) is 11.9. The number of nitrogens with two attached hydrogens (primary N) is 1. The Balaban J connectivity index is 2.70. The van der Waals surface area contributed by atoms with Gasteiger partial charge in [0.05, 0.1) is 0 Å². The summed E-state index contributed by atoms with van der Waals surface area (Å²) in [7, 11) is 0. The number of anilines is 2. The molecule has 4 nitrogen and oxygen atoms in total. The summed E-state index contributed by atoms with van der Waals surface area (Å²) >= 11 is 0. The smallest absolute Gasteiger partial charge is 0.322 e. The van der Waals surface area contributed by atoms with E-state index in [4.69, 9.17) is 5.73 Å². The van der Waals surface area contributed by atoms with Gasteiger partial charge in [-0.15, -0.1) is 0 Å². The molecule has 1 rings (SSSR count). The van der Waals surface area contributed by atoms with E-state index in [2.05, 4.69) is 26.1 Å². The van der Waals surface area contributed by atoms with Crippen LogP contribution in [0.4, 0.5) is 16.2 Å². The van der Waals surface area contributed by atoms with Crippen molar-refractivity contribution in [3.8, 4) is 0 Å². The minimum atomic E-state index is -0.0478. The number of urea groups is 1. The minimum absolute atomic E-state index is 0.0478. The van der Waals surface area contributed by atoms with Gasteiger partial charge >= 0.3 is 6.03 Å². The van der Waals surface area contributed by atoms with Crippen LogP contribution in [0.1, 0.15) is 40.0 Å². The molecule has 0 aliphatic carbocycles. The number of hydrogen-bond donors (Lipinski definition) is 2. The second-order valence-corrected chi connectivity index (χ2v) is 4.86. The summed E-state index contributed by atoms with van der Waals surface area (Å²) in [6, 6.07) is 7.46. The monoisotopic (exact) mass is 263 g/mol. The van der Waals surface area contributed by atoms with E-state index in [-0.39, 0.29) is 12.1 Å². The predicted molar refractivity (Wildman–Crippen MR) is 81.2 cm³/mol. The molecule has 0 heterocycles. The highest BCUT2D eigenvalue weighted by Crippen LogP contribution is 2.14. The van der Waals surface area contributed by atoms with E-state index in [0.29, 0.717) is 5.69 Å². The fraction of sp³-hybridized carbons (Fsp3) is 0.533. The Hall–Kier alpha value is -1.71. The van der Waals surface area contributed by atoms with Crippen molar-refractivity contribution in [1.29, 1.82) is 0 Å². The van der Waals surface area contributed by atoms with E-state index >= 15 is 0 Å². The maximum atomic E-state index is 12.3. The molecule has 19 heavy (non-hydrogen) atoms. The lowest BCUT2D eigenvalue weighted by atomic mass is 10.2. The first-order chi connectivity index (χ1) is 9.08. The molecule has 0 aliphatic heterocycles.